The number of hydrogen-bond donors (Lipinski definition) is 1. The number of allylic oxidation sites excluding steroid dienone is 10. The molecule has 217 valence electrons. The fourth-order valence-electron chi connectivity index (χ4n) is 5.28. The van der Waals surface area contributed by atoms with E-state index in [0.29, 0.717) is 22.1 Å². The van der Waals surface area contributed by atoms with E-state index in [9.17, 15) is 9.90 Å². The maximum atomic E-state index is 13.5. The van der Waals surface area contributed by atoms with E-state index in [1.807, 2.05) is 103 Å². The molecule has 45 heavy (non-hydrogen) atoms. The molecule has 1 N–H and O–H groups in total. The summed E-state index contributed by atoms with van der Waals surface area (Å²) in [5.41, 5.74) is 6.18. The second-order valence-electron chi connectivity index (χ2n) is 10.6. The van der Waals surface area contributed by atoms with Crippen molar-refractivity contribution in [1.29, 1.82) is 0 Å². The van der Waals surface area contributed by atoms with Gasteiger partial charge in [-0.3, -0.25) is 0 Å². The molecule has 0 bridgehead atoms. The van der Waals surface area contributed by atoms with Crippen LogP contribution in [-0.4, -0.2) is 34.9 Å². The van der Waals surface area contributed by atoms with Crippen molar-refractivity contribution in [2.45, 2.75) is 0 Å². The molecule has 0 amide bonds. The summed E-state index contributed by atoms with van der Waals surface area (Å²) in [5.74, 6) is 0.975. The Labute approximate surface area is 276 Å². The molecule has 3 aliphatic rings. The number of aliphatic hydroxyl groups is 1. The Morgan fingerprint density at radius 2 is 1.24 bits per heavy atom. The third-order valence-electron chi connectivity index (χ3n) is 7.57. The van der Waals surface area contributed by atoms with Gasteiger partial charge >= 0.3 is 207 Å². The van der Waals surface area contributed by atoms with Gasteiger partial charge in [0.2, 0.25) is 0 Å². The van der Waals surface area contributed by atoms with Gasteiger partial charge < -0.3 is 0 Å². The zero-order chi connectivity index (χ0) is 30.8. The molecule has 4 aromatic carbocycles. The number of hydrogen-bond acceptors (Lipinski definition) is 3. The van der Waals surface area contributed by atoms with E-state index in [-0.39, 0.29) is 17.1 Å². The maximum absolute atomic E-state index is 13.5. The number of benzene rings is 4. The van der Waals surface area contributed by atoms with Gasteiger partial charge in [0.1, 0.15) is 0 Å². The van der Waals surface area contributed by atoms with E-state index in [0.717, 1.165) is 22.3 Å². The van der Waals surface area contributed by atoms with Crippen LogP contribution in [0.4, 0.5) is 0 Å². The molecule has 0 aromatic heterocycles. The van der Waals surface area contributed by atoms with Crippen molar-refractivity contribution in [1.82, 2.24) is 0 Å². The minimum atomic E-state index is -0.660. The Morgan fingerprint density at radius 1 is 0.644 bits per heavy atom. The first kappa shape index (κ1) is 29.0. The number of carbonyl (C=O) groups excluding carboxylic acids is 1. The number of Topliss-reactive ketones (excluding diaryl/α,β-unsaturated/α-hetero) is 1. The van der Waals surface area contributed by atoms with Gasteiger partial charge in [0.15, 0.2) is 0 Å². The van der Waals surface area contributed by atoms with Gasteiger partial charge in [-0.05, 0) is 12.1 Å². The van der Waals surface area contributed by atoms with Crippen molar-refractivity contribution in [2.75, 3.05) is 0 Å². The molecule has 2 heterocycles. The molecule has 0 saturated heterocycles. The van der Waals surface area contributed by atoms with Crippen LogP contribution in [0.3, 0.4) is 0 Å². The Kier molecular flexibility index (Phi) is 8.20. The van der Waals surface area contributed by atoms with E-state index >= 15 is 0 Å². The normalized spacial score (nSPS) is 18.0. The van der Waals surface area contributed by atoms with Crippen molar-refractivity contribution in [3.05, 3.63) is 207 Å². The quantitative estimate of drug-likeness (QED) is 0.160. The number of aliphatic hydroxyl groups excluding tert-OH is 1. The summed E-state index contributed by atoms with van der Waals surface area (Å²) in [6, 6.07) is 37.9. The number of carbonyl (C=O) groups is 1. The van der Waals surface area contributed by atoms with E-state index in [2.05, 4.69) is 36.4 Å². The standard InChI is InChI=1S/C40H26ClO3Te/c41-34-19-11-10-18-31(34)36-23-26(22-35(44-36)28-12-4-1-5-13-28)20-32-39(42)33(40(32)43)21-27-24-37(29-14-6-2-7-15-29)45-38(25-27)30-16-8-3-9-17-30/h1-25,42H. The van der Waals surface area contributed by atoms with Gasteiger partial charge in [0, 0.05) is 0 Å². The summed E-state index contributed by atoms with van der Waals surface area (Å²) in [7, 11) is 0. The SMILES string of the molecule is O=C1C(=CC2=CC(c3ccccc3)=[Te]C(c3ccccc3)=C2)C(O)=C1C=C1C=C(c2ccccc2)OC(c2ccccc2Cl)=C1. The molecule has 0 saturated carbocycles. The molecule has 0 unspecified atom stereocenters. The number of rotatable bonds is 6. The predicted molar refractivity (Wildman–Crippen MR) is 185 cm³/mol. The Hall–Kier alpha value is -4.72. The molecule has 5 heteroatoms. The second-order valence-corrected chi connectivity index (χ2v) is 14.1. The summed E-state index contributed by atoms with van der Waals surface area (Å²) in [5, 5.41) is 11.7. The first-order valence-electron chi connectivity index (χ1n) is 14.5. The fraction of sp³-hybridized carbons (Fsp3) is 0. The number of halogens is 1. The van der Waals surface area contributed by atoms with Crippen LogP contribution in [0, 0.1) is 0 Å². The zero-order valence-corrected chi connectivity index (χ0v) is 27.1. The van der Waals surface area contributed by atoms with Crippen LogP contribution in [0.2, 0.25) is 5.02 Å². The average Bonchev–Trinajstić information content (AvgIpc) is 3.10. The van der Waals surface area contributed by atoms with E-state index < -0.39 is 20.5 Å². The van der Waals surface area contributed by atoms with Gasteiger partial charge in [-0.2, -0.15) is 0 Å². The van der Waals surface area contributed by atoms with Crippen molar-refractivity contribution in [3.8, 4) is 0 Å². The van der Waals surface area contributed by atoms with Crippen LogP contribution in [0.15, 0.2) is 180 Å². The molecule has 4 aromatic rings. The first-order valence-corrected chi connectivity index (χ1v) is 17.2. The molecule has 7 rings (SSSR count). The van der Waals surface area contributed by atoms with Crippen molar-refractivity contribution >= 4 is 56.5 Å². The summed E-state index contributed by atoms with van der Waals surface area (Å²) in [6.07, 6.45) is 11.5. The molecule has 0 fully saturated rings. The van der Waals surface area contributed by atoms with E-state index in [4.69, 9.17) is 16.3 Å². The third kappa shape index (κ3) is 6.14. The molecule has 1 aliphatic carbocycles. The molecular weight excluding hydrogens is 691 g/mol. The van der Waals surface area contributed by atoms with Gasteiger partial charge in [-0.1, -0.05) is 54.1 Å². The van der Waals surface area contributed by atoms with Crippen LogP contribution >= 0.6 is 11.6 Å². The Bertz CT molecular complexity index is 2040. The predicted octanol–water partition coefficient (Wildman–Crippen LogP) is 8.91. The van der Waals surface area contributed by atoms with Crippen molar-refractivity contribution < 1.29 is 14.6 Å². The van der Waals surface area contributed by atoms with Crippen LogP contribution in [0.25, 0.3) is 15.1 Å². The first-order chi connectivity index (χ1) is 22.0. The van der Waals surface area contributed by atoms with Crippen LogP contribution in [-0.2, 0) is 9.53 Å². The molecule has 3 nitrogen and oxygen atoms in total. The summed E-state index contributed by atoms with van der Waals surface area (Å²) >= 11 is 5.86. The monoisotopic (exact) mass is 719 g/mol. The van der Waals surface area contributed by atoms with Crippen LogP contribution in [0.5, 0.6) is 0 Å². The third-order valence-corrected chi connectivity index (χ3v) is 11.2. The number of ether oxygens (including phenoxy) is 1. The minimum absolute atomic E-state index is 0.0137. The summed E-state index contributed by atoms with van der Waals surface area (Å²) < 4.78 is 8.84. The van der Waals surface area contributed by atoms with E-state index in [1.165, 1.54) is 18.3 Å². The van der Waals surface area contributed by atoms with Gasteiger partial charge in [-0.15, -0.1) is 0 Å². The second kappa shape index (κ2) is 12.7. The summed E-state index contributed by atoms with van der Waals surface area (Å²) in [6.45, 7) is 0. The van der Waals surface area contributed by atoms with Gasteiger partial charge in [0.25, 0.3) is 0 Å². The van der Waals surface area contributed by atoms with E-state index in [1.54, 1.807) is 12.2 Å². The van der Waals surface area contributed by atoms with Gasteiger partial charge in [0.05, 0.1) is 5.02 Å². The van der Waals surface area contributed by atoms with Crippen LogP contribution in [0.1, 0.15) is 22.3 Å². The summed E-state index contributed by atoms with van der Waals surface area (Å²) in [4.78, 5) is 13.5. The van der Waals surface area contributed by atoms with Gasteiger partial charge in [-0.25, -0.2) is 0 Å². The fourth-order valence-corrected chi connectivity index (χ4v) is 8.75. The molecule has 0 atom stereocenters. The molecule has 1 radical (unpaired) electrons. The molecular formula is C40H26ClO3Te. The Morgan fingerprint density at radius 3 is 1.91 bits per heavy atom. The molecule has 2 aliphatic heterocycles. The average molecular weight is 718 g/mol. The van der Waals surface area contributed by atoms with Crippen molar-refractivity contribution in [2.24, 2.45) is 0 Å². The Balaban J connectivity index is 1.27. The topological polar surface area (TPSA) is 46.5 Å². The van der Waals surface area contributed by atoms with Crippen molar-refractivity contribution in [3.63, 3.8) is 0 Å². The molecule has 0 spiro atoms. The number of ketones is 1. The zero-order valence-electron chi connectivity index (χ0n) is 24.0. The van der Waals surface area contributed by atoms with Crippen LogP contribution < -0.4 is 0 Å².